The van der Waals surface area contributed by atoms with Crippen molar-refractivity contribution >= 4 is 50.9 Å². The van der Waals surface area contributed by atoms with Gasteiger partial charge in [0.2, 0.25) is 5.91 Å². The van der Waals surface area contributed by atoms with E-state index in [0.29, 0.717) is 52.6 Å². The second kappa shape index (κ2) is 11.8. The third kappa shape index (κ3) is 4.97. The largest absolute Gasteiger partial charge is 0.337 e. The molecule has 3 aliphatic carbocycles. The van der Waals surface area contributed by atoms with Crippen molar-refractivity contribution in [1.29, 1.82) is 5.26 Å². The molecular formula is C40H38Cl2FN7O. The van der Waals surface area contributed by atoms with Gasteiger partial charge in [0.1, 0.15) is 5.52 Å². The van der Waals surface area contributed by atoms with E-state index in [9.17, 15) is 10.1 Å². The van der Waals surface area contributed by atoms with Crippen LogP contribution in [-0.2, 0) is 11.2 Å². The Hall–Kier alpha value is -3.97. The number of likely N-dealkylation sites (tertiary alicyclic amines) is 1. The lowest BCUT2D eigenvalue weighted by atomic mass is 9.79. The van der Waals surface area contributed by atoms with E-state index < -0.39 is 5.82 Å². The third-order valence-electron chi connectivity index (χ3n) is 12.3. The molecule has 1 N–H and O–H groups in total. The molecule has 51 heavy (non-hydrogen) atoms. The van der Waals surface area contributed by atoms with Crippen LogP contribution in [0.15, 0.2) is 42.7 Å². The van der Waals surface area contributed by atoms with Crippen molar-refractivity contribution in [3.63, 3.8) is 0 Å². The van der Waals surface area contributed by atoms with Crippen LogP contribution in [0.2, 0.25) is 10.0 Å². The number of nitrogens with one attached hydrogen (secondary N) is 1. The quantitative estimate of drug-likeness (QED) is 0.173. The van der Waals surface area contributed by atoms with Crippen molar-refractivity contribution < 1.29 is 9.18 Å². The molecule has 5 atom stereocenters. The van der Waals surface area contributed by atoms with Crippen LogP contribution in [0.25, 0.3) is 32.9 Å². The van der Waals surface area contributed by atoms with E-state index in [0.717, 1.165) is 59.9 Å². The standard InChI is InChI=1S/C40H38Cl2FN7O/c1-20-28-15-33(32-14-26(19-48(32)40(51)22-9-10-22)49-18-25(17-46-49)21-7-8-21)50(38-24-13-31(38)45-16-24)39(28)29-12-23(4-3-11-44)34(36(43)37(29)47-20)27-5-2-6-30(41)35(27)42/h2,5-6,12,15,17-18,21-22,24,26,31-32,38,45H,3-4,7-10,13-14,16,19H2,1H3/t24-,26+,31-,32-,38+/m1/s1. The van der Waals surface area contributed by atoms with Gasteiger partial charge in [-0.25, -0.2) is 9.37 Å². The van der Waals surface area contributed by atoms with Crippen LogP contribution in [0.5, 0.6) is 0 Å². The molecule has 260 valence electrons. The maximum Gasteiger partial charge on any atom is 0.226 e. The molecule has 0 unspecified atom stereocenters. The molecule has 3 saturated carbocycles. The van der Waals surface area contributed by atoms with Gasteiger partial charge in [-0.2, -0.15) is 10.4 Å². The molecule has 1 amide bonds. The molecule has 2 aromatic carbocycles. The van der Waals surface area contributed by atoms with Crippen LogP contribution in [0.4, 0.5) is 4.39 Å². The highest BCUT2D eigenvalue weighted by Gasteiger charge is 2.51. The normalized spacial score (nSPS) is 25.5. The molecule has 6 fully saturated rings. The first-order valence-electron chi connectivity index (χ1n) is 18.4. The number of nitrogens with zero attached hydrogens (tertiary/aromatic N) is 6. The van der Waals surface area contributed by atoms with E-state index in [4.69, 9.17) is 33.3 Å². The maximum absolute atomic E-state index is 17.2. The van der Waals surface area contributed by atoms with Gasteiger partial charge in [-0.15, -0.1) is 0 Å². The number of pyridine rings is 1. The summed E-state index contributed by atoms with van der Waals surface area (Å²) in [7, 11) is 0. The Morgan fingerprint density at radius 1 is 1.14 bits per heavy atom. The fraction of sp³-hybridized carbons (Fsp3) is 0.450. The molecule has 8 nitrogen and oxygen atoms in total. The van der Waals surface area contributed by atoms with Gasteiger partial charge < -0.3 is 14.8 Å². The summed E-state index contributed by atoms with van der Waals surface area (Å²) in [4.78, 5) is 21.1. The van der Waals surface area contributed by atoms with Gasteiger partial charge in [-0.3, -0.25) is 9.48 Å². The zero-order chi connectivity index (χ0) is 34.7. The number of rotatable bonds is 8. The topological polar surface area (TPSA) is 91.8 Å². The number of amides is 1. The first kappa shape index (κ1) is 31.7. The highest BCUT2D eigenvalue weighted by Crippen LogP contribution is 2.52. The Morgan fingerprint density at radius 2 is 1.98 bits per heavy atom. The Morgan fingerprint density at radius 3 is 2.71 bits per heavy atom. The summed E-state index contributed by atoms with van der Waals surface area (Å²) in [5, 5.41) is 20.5. The maximum atomic E-state index is 17.2. The number of nitriles is 1. The highest BCUT2D eigenvalue weighted by molar-refractivity contribution is 6.43. The Balaban J connectivity index is 1.19. The highest BCUT2D eigenvalue weighted by atomic mass is 35.5. The molecule has 11 rings (SSSR count). The number of aryl methyl sites for hydroxylation is 2. The van der Waals surface area contributed by atoms with Crippen LogP contribution in [-0.4, -0.2) is 49.3 Å². The number of carbonyl (C=O) groups is 1. The summed E-state index contributed by atoms with van der Waals surface area (Å²) >= 11 is 13.1. The Bertz CT molecular complexity index is 2300. The Labute approximate surface area is 305 Å². The summed E-state index contributed by atoms with van der Waals surface area (Å²) in [6, 6.07) is 12.1. The molecule has 0 radical (unpaired) electrons. The lowest BCUT2D eigenvalue weighted by molar-refractivity contribution is -0.133. The average Bonchev–Trinajstić information content (AvgIpc) is 3.82. The van der Waals surface area contributed by atoms with E-state index in [2.05, 4.69) is 37.8 Å². The van der Waals surface area contributed by atoms with Gasteiger partial charge >= 0.3 is 0 Å². The molecule has 6 aliphatic rings. The van der Waals surface area contributed by atoms with Gasteiger partial charge in [-0.1, -0.05) is 35.3 Å². The second-order valence-electron chi connectivity index (χ2n) is 15.5. The minimum absolute atomic E-state index is 0.0731. The number of hydrogen-bond acceptors (Lipinski definition) is 5. The second-order valence-corrected chi connectivity index (χ2v) is 16.3. The van der Waals surface area contributed by atoms with Crippen molar-refractivity contribution in [3.05, 3.63) is 81.1 Å². The lowest BCUT2D eigenvalue weighted by Gasteiger charge is -2.39. The first-order chi connectivity index (χ1) is 24.8. The van der Waals surface area contributed by atoms with E-state index in [-0.39, 0.29) is 46.9 Å². The van der Waals surface area contributed by atoms with Gasteiger partial charge in [0, 0.05) is 71.0 Å². The molecule has 3 saturated heterocycles. The molecule has 6 heterocycles. The summed E-state index contributed by atoms with van der Waals surface area (Å²) in [5.74, 6) is 0.911. The molecule has 2 bridgehead atoms. The lowest BCUT2D eigenvalue weighted by Crippen LogP contribution is -2.41. The van der Waals surface area contributed by atoms with E-state index in [1.54, 1.807) is 18.2 Å². The molecule has 3 aliphatic heterocycles. The van der Waals surface area contributed by atoms with Crippen molar-refractivity contribution in [2.24, 2.45) is 11.8 Å². The summed E-state index contributed by atoms with van der Waals surface area (Å²) in [6.45, 7) is 3.51. The summed E-state index contributed by atoms with van der Waals surface area (Å²) < 4.78 is 21.8. The predicted octanol–water partition coefficient (Wildman–Crippen LogP) is 8.60. The fourth-order valence-electron chi connectivity index (χ4n) is 9.37. The van der Waals surface area contributed by atoms with Gasteiger partial charge in [0.25, 0.3) is 0 Å². The number of benzene rings is 2. The third-order valence-corrected chi connectivity index (χ3v) is 13.1. The fourth-order valence-corrected chi connectivity index (χ4v) is 9.77. The number of carbonyl (C=O) groups excluding carboxylic acids is 1. The first-order valence-corrected chi connectivity index (χ1v) is 19.1. The SMILES string of the molecule is Cc1nc2c(F)c(-c3cccc(Cl)c3Cl)c(CCC#N)cc2c2c1cc([C@H]1C[C@H](n3cc(C4CC4)cn3)CN1C(=O)C1CC1)n2[C@H]1[C@H]2CN[C@@H]1C2. The molecule has 11 heteroatoms. The van der Waals surface area contributed by atoms with Crippen LogP contribution < -0.4 is 5.32 Å². The van der Waals surface area contributed by atoms with Crippen LogP contribution in [0.3, 0.4) is 0 Å². The van der Waals surface area contributed by atoms with E-state index in [1.165, 1.54) is 18.4 Å². The number of hydrogen-bond donors (Lipinski definition) is 1. The molecule has 0 spiro atoms. The van der Waals surface area contributed by atoms with Crippen molar-refractivity contribution in [2.75, 3.05) is 13.1 Å². The predicted molar refractivity (Wildman–Crippen MR) is 195 cm³/mol. The van der Waals surface area contributed by atoms with Crippen LogP contribution in [0.1, 0.15) is 91.5 Å². The van der Waals surface area contributed by atoms with Crippen LogP contribution >= 0.6 is 23.2 Å². The monoisotopic (exact) mass is 721 g/mol. The van der Waals surface area contributed by atoms with E-state index >= 15 is 4.39 Å². The van der Waals surface area contributed by atoms with Crippen molar-refractivity contribution in [2.45, 2.75) is 88.4 Å². The molecule has 5 aromatic rings. The van der Waals surface area contributed by atoms with Crippen molar-refractivity contribution in [1.82, 2.24) is 29.5 Å². The minimum Gasteiger partial charge on any atom is -0.337 e. The number of aromatic nitrogens is 4. The zero-order valence-electron chi connectivity index (χ0n) is 28.4. The average molecular weight is 723 g/mol. The molecular weight excluding hydrogens is 684 g/mol. The van der Waals surface area contributed by atoms with E-state index in [1.807, 2.05) is 19.2 Å². The van der Waals surface area contributed by atoms with Crippen molar-refractivity contribution in [3.8, 4) is 17.2 Å². The Kier molecular flexibility index (Phi) is 7.33. The van der Waals surface area contributed by atoms with Gasteiger partial charge in [0.15, 0.2) is 5.82 Å². The van der Waals surface area contributed by atoms with Gasteiger partial charge in [0.05, 0.1) is 46.0 Å². The summed E-state index contributed by atoms with van der Waals surface area (Å²) in [6.07, 6.45) is 11.0. The zero-order valence-corrected chi connectivity index (χ0v) is 29.9. The number of fused-ring (bicyclic) bond motifs is 4. The van der Waals surface area contributed by atoms with Gasteiger partial charge in [-0.05, 0) is 93.0 Å². The number of halogens is 3. The minimum atomic E-state index is -0.463. The van der Waals surface area contributed by atoms with Crippen LogP contribution in [0, 0.1) is 35.9 Å². The summed E-state index contributed by atoms with van der Waals surface area (Å²) in [5.41, 5.74) is 5.88. The molecule has 3 aromatic heterocycles. The smallest absolute Gasteiger partial charge is 0.226 e.